The maximum atomic E-state index is 13.2. The first-order valence-electron chi connectivity index (χ1n) is 5.34. The Morgan fingerprint density at radius 1 is 1.50 bits per heavy atom. The molecule has 0 unspecified atom stereocenters. The number of amides is 1. The minimum atomic E-state index is -0.550. The molecular formula is C12H17FN2O. The summed E-state index contributed by atoms with van der Waals surface area (Å²) in [6.07, 6.45) is 0. The normalized spacial score (nSPS) is 10.6. The van der Waals surface area contributed by atoms with Gasteiger partial charge in [-0.15, -0.1) is 0 Å². The maximum absolute atomic E-state index is 13.2. The topological polar surface area (TPSA) is 46.3 Å². The van der Waals surface area contributed by atoms with Crippen molar-refractivity contribution in [1.29, 1.82) is 0 Å². The van der Waals surface area contributed by atoms with Crippen molar-refractivity contribution in [2.45, 2.75) is 26.8 Å². The zero-order valence-corrected chi connectivity index (χ0v) is 9.83. The molecule has 0 bridgehead atoms. The molecule has 1 aromatic rings. The van der Waals surface area contributed by atoms with E-state index in [4.69, 9.17) is 5.73 Å². The lowest BCUT2D eigenvalue weighted by molar-refractivity contribution is 0.0717. The molecule has 0 heterocycles. The number of benzene rings is 1. The van der Waals surface area contributed by atoms with E-state index in [0.717, 1.165) is 0 Å². The highest BCUT2D eigenvalue weighted by atomic mass is 19.1. The standard InChI is InChI=1S/C12H17FN2O/c1-4-15(8(2)3)12(16)9-6-5-7-10(13)11(9)14/h5-8H,4,14H2,1-3H3. The summed E-state index contributed by atoms with van der Waals surface area (Å²) in [7, 11) is 0. The molecular weight excluding hydrogens is 207 g/mol. The third-order valence-electron chi connectivity index (χ3n) is 2.51. The maximum Gasteiger partial charge on any atom is 0.256 e. The fraction of sp³-hybridized carbons (Fsp3) is 0.417. The molecule has 0 aliphatic carbocycles. The predicted molar refractivity (Wildman–Crippen MR) is 62.7 cm³/mol. The van der Waals surface area contributed by atoms with Crippen molar-refractivity contribution < 1.29 is 9.18 Å². The summed E-state index contributed by atoms with van der Waals surface area (Å²) in [4.78, 5) is 13.7. The Hall–Kier alpha value is -1.58. The van der Waals surface area contributed by atoms with Gasteiger partial charge in [0.2, 0.25) is 0 Å². The summed E-state index contributed by atoms with van der Waals surface area (Å²) in [5, 5.41) is 0. The minimum Gasteiger partial charge on any atom is -0.396 e. The lowest BCUT2D eigenvalue weighted by atomic mass is 10.1. The molecule has 0 fully saturated rings. The first kappa shape index (κ1) is 12.5. The number of nitrogens with zero attached hydrogens (tertiary/aromatic N) is 1. The molecule has 1 aromatic carbocycles. The molecule has 0 saturated heterocycles. The largest absolute Gasteiger partial charge is 0.396 e. The second kappa shape index (κ2) is 4.96. The zero-order valence-electron chi connectivity index (χ0n) is 9.83. The number of nitrogen functional groups attached to an aromatic ring is 1. The van der Waals surface area contributed by atoms with Gasteiger partial charge in [0.1, 0.15) is 5.82 Å². The Kier molecular flexibility index (Phi) is 3.88. The van der Waals surface area contributed by atoms with Crippen LogP contribution in [-0.4, -0.2) is 23.4 Å². The highest BCUT2D eigenvalue weighted by Crippen LogP contribution is 2.18. The summed E-state index contributed by atoms with van der Waals surface area (Å²) in [6.45, 7) is 6.29. The van der Waals surface area contributed by atoms with E-state index in [1.165, 1.54) is 12.1 Å². The molecule has 0 atom stereocenters. The van der Waals surface area contributed by atoms with E-state index in [0.29, 0.717) is 6.54 Å². The van der Waals surface area contributed by atoms with Gasteiger partial charge < -0.3 is 10.6 Å². The third kappa shape index (κ3) is 2.32. The molecule has 4 heteroatoms. The highest BCUT2D eigenvalue weighted by molar-refractivity contribution is 5.99. The number of carbonyl (C=O) groups excluding carboxylic acids is 1. The lowest BCUT2D eigenvalue weighted by Gasteiger charge is -2.25. The first-order chi connectivity index (χ1) is 7.49. The van der Waals surface area contributed by atoms with Gasteiger partial charge >= 0.3 is 0 Å². The van der Waals surface area contributed by atoms with Gasteiger partial charge in [-0.05, 0) is 32.9 Å². The van der Waals surface area contributed by atoms with Crippen LogP contribution in [-0.2, 0) is 0 Å². The van der Waals surface area contributed by atoms with E-state index in [2.05, 4.69) is 0 Å². The quantitative estimate of drug-likeness (QED) is 0.801. The number of carbonyl (C=O) groups is 1. The summed E-state index contributed by atoms with van der Waals surface area (Å²) in [6, 6.07) is 4.36. The highest BCUT2D eigenvalue weighted by Gasteiger charge is 2.20. The minimum absolute atomic E-state index is 0.0696. The van der Waals surface area contributed by atoms with Gasteiger partial charge in [0.05, 0.1) is 11.3 Å². The number of hydrogen-bond acceptors (Lipinski definition) is 2. The molecule has 0 saturated carbocycles. The van der Waals surface area contributed by atoms with Gasteiger partial charge in [0.25, 0.3) is 5.91 Å². The number of anilines is 1. The molecule has 3 nitrogen and oxygen atoms in total. The van der Waals surface area contributed by atoms with Crippen molar-refractivity contribution in [1.82, 2.24) is 4.90 Å². The molecule has 2 N–H and O–H groups in total. The second-order valence-electron chi connectivity index (χ2n) is 3.89. The van der Waals surface area contributed by atoms with Crippen LogP contribution in [0.2, 0.25) is 0 Å². The van der Waals surface area contributed by atoms with Gasteiger partial charge in [0.15, 0.2) is 0 Å². The molecule has 0 aliphatic rings. The number of halogens is 1. The van der Waals surface area contributed by atoms with Crippen molar-refractivity contribution in [3.63, 3.8) is 0 Å². The van der Waals surface area contributed by atoms with Crippen molar-refractivity contribution in [3.05, 3.63) is 29.6 Å². The van der Waals surface area contributed by atoms with Crippen LogP contribution < -0.4 is 5.73 Å². The van der Waals surface area contributed by atoms with Crippen LogP contribution in [0, 0.1) is 5.82 Å². The van der Waals surface area contributed by atoms with Crippen molar-refractivity contribution in [3.8, 4) is 0 Å². The average Bonchev–Trinajstić information content (AvgIpc) is 2.22. The number of rotatable bonds is 3. The molecule has 0 radical (unpaired) electrons. The van der Waals surface area contributed by atoms with Gasteiger partial charge in [-0.25, -0.2) is 4.39 Å². The van der Waals surface area contributed by atoms with Crippen LogP contribution in [0.4, 0.5) is 10.1 Å². The van der Waals surface area contributed by atoms with E-state index in [9.17, 15) is 9.18 Å². The molecule has 0 aromatic heterocycles. The molecule has 1 rings (SSSR count). The van der Waals surface area contributed by atoms with E-state index >= 15 is 0 Å². The zero-order chi connectivity index (χ0) is 12.3. The molecule has 16 heavy (non-hydrogen) atoms. The third-order valence-corrected chi connectivity index (χ3v) is 2.51. The number of hydrogen-bond donors (Lipinski definition) is 1. The lowest BCUT2D eigenvalue weighted by Crippen LogP contribution is -2.37. The van der Waals surface area contributed by atoms with Crippen LogP contribution in [0.3, 0.4) is 0 Å². The second-order valence-corrected chi connectivity index (χ2v) is 3.89. The Bertz CT molecular complexity index is 391. The van der Waals surface area contributed by atoms with Crippen LogP contribution >= 0.6 is 0 Å². The van der Waals surface area contributed by atoms with Crippen LogP contribution in [0.25, 0.3) is 0 Å². The Labute approximate surface area is 95.0 Å². The molecule has 0 aliphatic heterocycles. The van der Waals surface area contributed by atoms with E-state index in [-0.39, 0.29) is 23.2 Å². The van der Waals surface area contributed by atoms with Crippen molar-refractivity contribution in [2.75, 3.05) is 12.3 Å². The summed E-state index contributed by atoms with van der Waals surface area (Å²) < 4.78 is 13.2. The fourth-order valence-corrected chi connectivity index (χ4v) is 1.62. The van der Waals surface area contributed by atoms with Crippen molar-refractivity contribution in [2.24, 2.45) is 0 Å². The summed E-state index contributed by atoms with van der Waals surface area (Å²) in [5.41, 5.74) is 5.71. The van der Waals surface area contributed by atoms with E-state index < -0.39 is 5.82 Å². The summed E-state index contributed by atoms with van der Waals surface area (Å²) in [5.74, 6) is -0.778. The number of nitrogens with two attached hydrogens (primary N) is 1. The smallest absolute Gasteiger partial charge is 0.256 e. The Balaban J connectivity index is 3.09. The molecule has 1 amide bonds. The predicted octanol–water partition coefficient (Wildman–Crippen LogP) is 2.28. The molecule has 88 valence electrons. The molecule has 0 spiro atoms. The van der Waals surface area contributed by atoms with Crippen LogP contribution in [0.5, 0.6) is 0 Å². The SMILES string of the molecule is CCN(C(=O)c1cccc(F)c1N)C(C)C. The van der Waals surface area contributed by atoms with Gasteiger partial charge in [-0.1, -0.05) is 6.07 Å². The Morgan fingerprint density at radius 2 is 2.12 bits per heavy atom. The van der Waals surface area contributed by atoms with Gasteiger partial charge in [-0.2, -0.15) is 0 Å². The van der Waals surface area contributed by atoms with E-state index in [1.54, 1.807) is 11.0 Å². The van der Waals surface area contributed by atoms with Crippen molar-refractivity contribution >= 4 is 11.6 Å². The van der Waals surface area contributed by atoms with Crippen LogP contribution in [0.15, 0.2) is 18.2 Å². The fourth-order valence-electron chi connectivity index (χ4n) is 1.62. The monoisotopic (exact) mass is 224 g/mol. The van der Waals surface area contributed by atoms with Gasteiger partial charge in [0, 0.05) is 12.6 Å². The van der Waals surface area contributed by atoms with Gasteiger partial charge in [-0.3, -0.25) is 4.79 Å². The Morgan fingerprint density at radius 3 is 2.62 bits per heavy atom. The van der Waals surface area contributed by atoms with E-state index in [1.807, 2.05) is 20.8 Å². The van der Waals surface area contributed by atoms with Crippen LogP contribution in [0.1, 0.15) is 31.1 Å². The average molecular weight is 224 g/mol. The first-order valence-corrected chi connectivity index (χ1v) is 5.34. The summed E-state index contributed by atoms with van der Waals surface area (Å²) >= 11 is 0. The number of para-hydroxylation sites is 1.